The number of rotatable bonds is 6. The number of benzene rings is 2. The normalized spacial score (nSPS) is 16.6. The van der Waals surface area contributed by atoms with Crippen molar-refractivity contribution in [1.82, 2.24) is 10.3 Å². The van der Waals surface area contributed by atoms with Gasteiger partial charge in [0.25, 0.3) is 0 Å². The first kappa shape index (κ1) is 19.9. The molecular weight excluding hydrogens is 426 g/mol. The first-order valence-electron chi connectivity index (χ1n) is 8.69. The number of hydrogen-bond donors (Lipinski definition) is 2. The second-order valence-corrected chi connectivity index (χ2v) is 7.30. The Kier molecular flexibility index (Phi) is 6.30. The third kappa shape index (κ3) is 4.69. The Hall–Kier alpha value is -2.87. The zero-order valence-electron chi connectivity index (χ0n) is 15.3. The maximum absolute atomic E-state index is 12.3. The third-order valence-corrected chi connectivity index (χ3v) is 5.07. The molecule has 0 bridgehead atoms. The minimum Gasteiger partial charge on any atom is -0.503 e. The predicted octanol–water partition coefficient (Wildman–Crippen LogP) is 2.66. The largest absolute Gasteiger partial charge is 0.503 e. The fourth-order valence-corrected chi connectivity index (χ4v) is 3.45. The van der Waals surface area contributed by atoms with Crippen LogP contribution in [0.4, 0.5) is 0 Å². The Morgan fingerprint density at radius 2 is 2.14 bits per heavy atom. The van der Waals surface area contributed by atoms with E-state index in [4.69, 9.17) is 4.74 Å². The Balaban J connectivity index is 1.57. The molecule has 1 saturated heterocycles. The molecule has 1 fully saturated rings. The molecule has 146 valence electrons. The van der Waals surface area contributed by atoms with Gasteiger partial charge in [0.05, 0.1) is 23.7 Å². The first-order valence-corrected chi connectivity index (χ1v) is 9.48. The molecule has 2 aromatic carbocycles. The van der Waals surface area contributed by atoms with Crippen LogP contribution in [0.15, 0.2) is 52.0 Å². The van der Waals surface area contributed by atoms with E-state index in [0.29, 0.717) is 28.9 Å². The molecule has 1 aliphatic heterocycles. The van der Waals surface area contributed by atoms with Crippen molar-refractivity contribution in [1.29, 1.82) is 0 Å². The summed E-state index contributed by atoms with van der Waals surface area (Å²) in [6, 6.07) is 12.9. The van der Waals surface area contributed by atoms with Crippen LogP contribution in [-0.4, -0.2) is 41.7 Å². The Bertz CT molecular complexity index is 902. The fraction of sp³-hybridized carbons (Fsp3) is 0.250. The lowest BCUT2D eigenvalue weighted by atomic mass is 10.1. The summed E-state index contributed by atoms with van der Waals surface area (Å²) in [5.41, 5.74) is 4.15. The van der Waals surface area contributed by atoms with Gasteiger partial charge < -0.3 is 14.7 Å². The van der Waals surface area contributed by atoms with Gasteiger partial charge in [0, 0.05) is 19.5 Å². The number of phenols is 1. The lowest BCUT2D eigenvalue weighted by Crippen LogP contribution is -2.30. The Morgan fingerprint density at radius 1 is 1.39 bits per heavy atom. The van der Waals surface area contributed by atoms with Crippen LogP contribution in [-0.2, 0) is 16.1 Å². The van der Waals surface area contributed by atoms with Gasteiger partial charge in [0.1, 0.15) is 0 Å². The molecule has 1 aliphatic rings. The van der Waals surface area contributed by atoms with Crippen molar-refractivity contribution in [3.05, 3.63) is 58.1 Å². The molecule has 2 aromatic rings. The van der Waals surface area contributed by atoms with Crippen molar-refractivity contribution in [2.45, 2.75) is 13.0 Å². The van der Waals surface area contributed by atoms with Crippen LogP contribution in [0.1, 0.15) is 17.5 Å². The maximum Gasteiger partial charge on any atom is 0.245 e. The molecule has 1 atom stereocenters. The monoisotopic (exact) mass is 445 g/mol. The molecular formula is C20H20BrN3O4. The second-order valence-electron chi connectivity index (χ2n) is 6.45. The number of likely N-dealkylation sites (tertiary alicyclic amines) is 1. The van der Waals surface area contributed by atoms with Crippen molar-refractivity contribution in [2.24, 2.45) is 11.0 Å². The van der Waals surface area contributed by atoms with E-state index in [-0.39, 0.29) is 24.0 Å². The van der Waals surface area contributed by atoms with Gasteiger partial charge in [-0.15, -0.1) is 0 Å². The average Bonchev–Trinajstić information content (AvgIpc) is 3.05. The number of ether oxygens (including phenoxy) is 1. The summed E-state index contributed by atoms with van der Waals surface area (Å²) < 4.78 is 5.53. The summed E-state index contributed by atoms with van der Waals surface area (Å²) in [4.78, 5) is 26.2. The van der Waals surface area contributed by atoms with E-state index in [1.807, 2.05) is 30.3 Å². The van der Waals surface area contributed by atoms with Gasteiger partial charge >= 0.3 is 0 Å². The number of carbonyl (C=O) groups is 2. The number of aromatic hydroxyl groups is 1. The van der Waals surface area contributed by atoms with E-state index >= 15 is 0 Å². The van der Waals surface area contributed by atoms with Crippen LogP contribution < -0.4 is 10.2 Å². The van der Waals surface area contributed by atoms with Crippen molar-refractivity contribution in [2.75, 3.05) is 13.7 Å². The smallest absolute Gasteiger partial charge is 0.245 e. The summed E-state index contributed by atoms with van der Waals surface area (Å²) in [6.45, 7) is 0.863. The van der Waals surface area contributed by atoms with Crippen molar-refractivity contribution in [3.8, 4) is 11.5 Å². The molecule has 0 aromatic heterocycles. The van der Waals surface area contributed by atoms with Crippen molar-refractivity contribution < 1.29 is 19.4 Å². The highest BCUT2D eigenvalue weighted by Crippen LogP contribution is 2.34. The van der Waals surface area contributed by atoms with Crippen LogP contribution in [0.2, 0.25) is 0 Å². The molecule has 0 spiro atoms. The predicted molar refractivity (Wildman–Crippen MR) is 108 cm³/mol. The fourth-order valence-electron chi connectivity index (χ4n) is 2.99. The van der Waals surface area contributed by atoms with E-state index in [9.17, 15) is 14.7 Å². The molecule has 0 saturated carbocycles. The SMILES string of the molecule is COc1cc(/C=N/NC(=O)C2CC(=O)N(Cc3ccccc3)C2)cc(Br)c1O. The zero-order valence-corrected chi connectivity index (χ0v) is 16.8. The van der Waals surface area contributed by atoms with E-state index in [1.54, 1.807) is 17.0 Å². The first-order chi connectivity index (χ1) is 13.5. The minimum atomic E-state index is -0.436. The number of nitrogens with one attached hydrogen (secondary N) is 1. The van der Waals surface area contributed by atoms with Gasteiger partial charge in [0.15, 0.2) is 11.5 Å². The lowest BCUT2D eigenvalue weighted by Gasteiger charge is -2.16. The topological polar surface area (TPSA) is 91.2 Å². The van der Waals surface area contributed by atoms with Gasteiger partial charge in [0.2, 0.25) is 11.8 Å². The molecule has 1 heterocycles. The summed E-state index contributed by atoms with van der Waals surface area (Å²) in [5, 5.41) is 13.8. The molecule has 0 radical (unpaired) electrons. The average molecular weight is 446 g/mol. The molecule has 0 aliphatic carbocycles. The number of carbonyl (C=O) groups excluding carboxylic acids is 2. The third-order valence-electron chi connectivity index (χ3n) is 4.46. The van der Waals surface area contributed by atoms with Gasteiger partial charge in [-0.1, -0.05) is 30.3 Å². The Labute approximate surface area is 171 Å². The summed E-state index contributed by atoms with van der Waals surface area (Å²) >= 11 is 3.23. The number of methoxy groups -OCH3 is 1. The minimum absolute atomic E-state index is 0.00772. The molecule has 1 unspecified atom stereocenters. The number of hydrogen-bond acceptors (Lipinski definition) is 5. The van der Waals surface area contributed by atoms with E-state index < -0.39 is 5.92 Å². The van der Waals surface area contributed by atoms with Crippen LogP contribution in [0.25, 0.3) is 0 Å². The lowest BCUT2D eigenvalue weighted by molar-refractivity contribution is -0.129. The van der Waals surface area contributed by atoms with E-state index in [2.05, 4.69) is 26.5 Å². The molecule has 2 amide bonds. The van der Waals surface area contributed by atoms with E-state index in [1.165, 1.54) is 13.3 Å². The van der Waals surface area contributed by atoms with Crippen LogP contribution >= 0.6 is 15.9 Å². The van der Waals surface area contributed by atoms with Crippen molar-refractivity contribution in [3.63, 3.8) is 0 Å². The maximum atomic E-state index is 12.3. The number of phenolic OH excluding ortho intramolecular Hbond substituents is 1. The van der Waals surface area contributed by atoms with Gasteiger partial charge in [-0.05, 0) is 39.2 Å². The van der Waals surface area contributed by atoms with Gasteiger partial charge in [-0.3, -0.25) is 9.59 Å². The van der Waals surface area contributed by atoms with Gasteiger partial charge in [-0.2, -0.15) is 5.10 Å². The highest BCUT2D eigenvalue weighted by Gasteiger charge is 2.34. The molecule has 7 nitrogen and oxygen atoms in total. The molecule has 28 heavy (non-hydrogen) atoms. The molecule has 8 heteroatoms. The zero-order chi connectivity index (χ0) is 20.1. The van der Waals surface area contributed by atoms with E-state index in [0.717, 1.165) is 5.56 Å². The molecule has 2 N–H and O–H groups in total. The molecule has 3 rings (SSSR count). The highest BCUT2D eigenvalue weighted by molar-refractivity contribution is 9.10. The highest BCUT2D eigenvalue weighted by atomic mass is 79.9. The van der Waals surface area contributed by atoms with Crippen molar-refractivity contribution >= 4 is 34.0 Å². The summed E-state index contributed by atoms with van der Waals surface area (Å²) in [6.07, 6.45) is 1.62. The van der Waals surface area contributed by atoms with Crippen LogP contribution in [0, 0.1) is 5.92 Å². The summed E-state index contributed by atoms with van der Waals surface area (Å²) in [5.74, 6) is -0.494. The number of amides is 2. The second kappa shape index (κ2) is 8.88. The number of halogens is 1. The van der Waals surface area contributed by atoms with Gasteiger partial charge in [-0.25, -0.2) is 5.43 Å². The summed E-state index contributed by atoms with van der Waals surface area (Å²) in [7, 11) is 1.45. The number of hydrazone groups is 1. The van der Waals surface area contributed by atoms with Crippen LogP contribution in [0.3, 0.4) is 0 Å². The standard InChI is InChI=1S/C20H20BrN3O4/c1-28-17-8-14(7-16(21)19(17)26)10-22-23-20(27)15-9-18(25)24(12-15)11-13-5-3-2-4-6-13/h2-8,10,15,26H,9,11-12H2,1H3,(H,23,27)/b22-10+. The quantitative estimate of drug-likeness (QED) is 0.528. The van der Waals surface area contributed by atoms with Crippen LogP contribution in [0.5, 0.6) is 11.5 Å². The number of nitrogens with zero attached hydrogens (tertiary/aromatic N) is 2. The Morgan fingerprint density at radius 3 is 2.86 bits per heavy atom.